The Morgan fingerprint density at radius 3 is 2.19 bits per heavy atom. The van der Waals surface area contributed by atoms with E-state index in [1.807, 2.05) is 54.7 Å². The van der Waals surface area contributed by atoms with Gasteiger partial charge in [0.1, 0.15) is 5.75 Å². The van der Waals surface area contributed by atoms with Crippen LogP contribution < -0.4 is 0 Å². The molecule has 0 aliphatic carbocycles. The molecule has 1 N–H and O–H groups in total. The highest BCUT2D eigenvalue weighted by molar-refractivity contribution is 5.72. The summed E-state index contributed by atoms with van der Waals surface area (Å²) in [6.07, 6.45) is 3.62. The third-order valence-electron chi connectivity index (χ3n) is 3.59. The van der Waals surface area contributed by atoms with Gasteiger partial charge in [-0.1, -0.05) is 48.5 Å². The number of rotatable bonds is 4. The molecule has 3 aromatic rings. The fraction of sp³-hybridized carbons (Fsp3) is 0.105. The first-order chi connectivity index (χ1) is 10.3. The maximum absolute atomic E-state index is 10.1. The summed E-state index contributed by atoms with van der Waals surface area (Å²) in [7, 11) is 0. The normalized spacial score (nSPS) is 10.5. The molecule has 0 saturated heterocycles. The van der Waals surface area contributed by atoms with Crippen LogP contribution in [-0.4, -0.2) is 10.1 Å². The summed E-state index contributed by atoms with van der Waals surface area (Å²) in [5, 5.41) is 10.1. The van der Waals surface area contributed by atoms with Gasteiger partial charge in [0, 0.05) is 17.5 Å². The highest BCUT2D eigenvalue weighted by atomic mass is 16.3. The van der Waals surface area contributed by atoms with Crippen LogP contribution in [0.5, 0.6) is 5.75 Å². The summed E-state index contributed by atoms with van der Waals surface area (Å²) >= 11 is 0. The first kappa shape index (κ1) is 13.4. The van der Waals surface area contributed by atoms with Crippen LogP contribution in [0.2, 0.25) is 0 Å². The molecule has 0 amide bonds. The van der Waals surface area contributed by atoms with Crippen LogP contribution in [0.25, 0.3) is 11.1 Å². The average molecular weight is 275 g/mol. The zero-order chi connectivity index (χ0) is 14.5. The van der Waals surface area contributed by atoms with Crippen molar-refractivity contribution < 1.29 is 5.11 Å². The lowest BCUT2D eigenvalue weighted by atomic mass is 9.95. The SMILES string of the molecule is Oc1ccccc1-c1ccccc1CCc1ccccn1. The Morgan fingerprint density at radius 2 is 1.43 bits per heavy atom. The molecular weight excluding hydrogens is 258 g/mol. The highest BCUT2D eigenvalue weighted by Gasteiger charge is 2.08. The van der Waals surface area contributed by atoms with E-state index in [4.69, 9.17) is 0 Å². The number of phenolic OH excluding ortho intramolecular Hbond substituents is 1. The summed E-state index contributed by atoms with van der Waals surface area (Å²) in [6.45, 7) is 0. The number of aromatic nitrogens is 1. The molecule has 0 fully saturated rings. The molecule has 2 aromatic carbocycles. The van der Waals surface area contributed by atoms with Gasteiger partial charge in [0.05, 0.1) is 0 Å². The maximum Gasteiger partial charge on any atom is 0.123 e. The van der Waals surface area contributed by atoms with Gasteiger partial charge in [0.15, 0.2) is 0 Å². The van der Waals surface area contributed by atoms with E-state index in [0.29, 0.717) is 5.75 Å². The minimum Gasteiger partial charge on any atom is -0.507 e. The summed E-state index contributed by atoms with van der Waals surface area (Å²) in [5.74, 6) is 0.322. The molecular formula is C19H17NO. The first-order valence-corrected chi connectivity index (χ1v) is 7.11. The van der Waals surface area contributed by atoms with Crippen LogP contribution in [-0.2, 0) is 12.8 Å². The zero-order valence-corrected chi connectivity index (χ0v) is 11.7. The number of aryl methyl sites for hydroxylation is 2. The minimum absolute atomic E-state index is 0.322. The van der Waals surface area contributed by atoms with Crippen molar-refractivity contribution in [2.45, 2.75) is 12.8 Å². The molecule has 2 heteroatoms. The fourth-order valence-electron chi connectivity index (χ4n) is 2.51. The molecule has 0 aliphatic heterocycles. The Labute approximate surface area is 124 Å². The largest absolute Gasteiger partial charge is 0.507 e. The maximum atomic E-state index is 10.1. The van der Waals surface area contributed by atoms with Crippen LogP contribution in [0.4, 0.5) is 0 Å². The summed E-state index contributed by atoms with van der Waals surface area (Å²) in [4.78, 5) is 4.36. The van der Waals surface area contributed by atoms with Gasteiger partial charge in [0.2, 0.25) is 0 Å². The van der Waals surface area contributed by atoms with Gasteiger partial charge in [0.25, 0.3) is 0 Å². The van der Waals surface area contributed by atoms with E-state index in [0.717, 1.165) is 29.7 Å². The molecule has 3 rings (SSSR count). The average Bonchev–Trinajstić information content (AvgIpc) is 2.55. The molecule has 0 atom stereocenters. The van der Waals surface area contributed by atoms with E-state index < -0.39 is 0 Å². The molecule has 1 heterocycles. The van der Waals surface area contributed by atoms with Crippen LogP contribution in [0, 0.1) is 0 Å². The van der Waals surface area contributed by atoms with Gasteiger partial charge in [-0.3, -0.25) is 4.98 Å². The number of aromatic hydroxyl groups is 1. The number of phenols is 1. The first-order valence-electron chi connectivity index (χ1n) is 7.11. The Bertz CT molecular complexity index is 722. The van der Waals surface area contributed by atoms with Crippen molar-refractivity contribution in [1.29, 1.82) is 0 Å². The Kier molecular flexibility index (Phi) is 3.97. The molecule has 2 nitrogen and oxygen atoms in total. The molecule has 0 aliphatic rings. The van der Waals surface area contributed by atoms with Crippen molar-refractivity contribution in [1.82, 2.24) is 4.98 Å². The van der Waals surface area contributed by atoms with E-state index in [-0.39, 0.29) is 0 Å². The third-order valence-corrected chi connectivity index (χ3v) is 3.59. The zero-order valence-electron chi connectivity index (χ0n) is 11.7. The van der Waals surface area contributed by atoms with Crippen molar-refractivity contribution in [3.05, 3.63) is 84.2 Å². The lowest BCUT2D eigenvalue weighted by Crippen LogP contribution is -1.96. The Morgan fingerprint density at radius 1 is 0.714 bits per heavy atom. The second kappa shape index (κ2) is 6.23. The molecule has 0 saturated carbocycles. The van der Waals surface area contributed by atoms with Crippen molar-refractivity contribution in [3.63, 3.8) is 0 Å². The van der Waals surface area contributed by atoms with E-state index >= 15 is 0 Å². The van der Waals surface area contributed by atoms with E-state index in [1.54, 1.807) is 6.07 Å². The number of pyridine rings is 1. The van der Waals surface area contributed by atoms with Crippen molar-refractivity contribution in [2.24, 2.45) is 0 Å². The number of nitrogens with zero attached hydrogens (tertiary/aromatic N) is 1. The fourth-order valence-corrected chi connectivity index (χ4v) is 2.51. The molecule has 0 bridgehead atoms. The summed E-state index contributed by atoms with van der Waals surface area (Å²) in [6, 6.07) is 21.7. The van der Waals surface area contributed by atoms with E-state index in [9.17, 15) is 5.11 Å². The van der Waals surface area contributed by atoms with Crippen LogP contribution >= 0.6 is 0 Å². The topological polar surface area (TPSA) is 33.1 Å². The molecule has 0 unspecified atom stereocenters. The number of benzene rings is 2. The minimum atomic E-state index is 0.322. The van der Waals surface area contributed by atoms with Crippen LogP contribution in [0.3, 0.4) is 0 Å². The van der Waals surface area contributed by atoms with Crippen LogP contribution in [0.1, 0.15) is 11.3 Å². The Hall–Kier alpha value is -2.61. The molecule has 0 spiro atoms. The number of hydrogen-bond acceptors (Lipinski definition) is 2. The van der Waals surface area contributed by atoms with Gasteiger partial charge in [-0.2, -0.15) is 0 Å². The second-order valence-electron chi connectivity index (χ2n) is 5.00. The van der Waals surface area contributed by atoms with Gasteiger partial charge in [-0.05, 0) is 42.2 Å². The second-order valence-corrected chi connectivity index (χ2v) is 5.00. The van der Waals surface area contributed by atoms with Gasteiger partial charge in [-0.15, -0.1) is 0 Å². The predicted octanol–water partition coefficient (Wildman–Crippen LogP) is 4.24. The van der Waals surface area contributed by atoms with Crippen molar-refractivity contribution in [2.75, 3.05) is 0 Å². The third kappa shape index (κ3) is 3.11. The number of hydrogen-bond donors (Lipinski definition) is 1. The van der Waals surface area contributed by atoms with Gasteiger partial charge < -0.3 is 5.11 Å². The van der Waals surface area contributed by atoms with Crippen LogP contribution in [0.15, 0.2) is 72.9 Å². The predicted molar refractivity (Wildman–Crippen MR) is 85.2 cm³/mol. The smallest absolute Gasteiger partial charge is 0.123 e. The quantitative estimate of drug-likeness (QED) is 0.772. The van der Waals surface area contributed by atoms with Crippen molar-refractivity contribution >= 4 is 0 Å². The molecule has 0 radical (unpaired) electrons. The van der Waals surface area contributed by atoms with Crippen molar-refractivity contribution in [3.8, 4) is 16.9 Å². The lowest BCUT2D eigenvalue weighted by Gasteiger charge is -2.11. The van der Waals surface area contributed by atoms with E-state index in [1.165, 1.54) is 5.56 Å². The standard InChI is InChI=1S/C19H17NO/c21-19-11-4-3-10-18(19)17-9-2-1-7-15(17)12-13-16-8-5-6-14-20-16/h1-11,14,21H,12-13H2. The molecule has 104 valence electrons. The van der Waals surface area contributed by atoms with Gasteiger partial charge in [-0.25, -0.2) is 0 Å². The number of para-hydroxylation sites is 1. The van der Waals surface area contributed by atoms with E-state index in [2.05, 4.69) is 17.1 Å². The highest BCUT2D eigenvalue weighted by Crippen LogP contribution is 2.31. The molecule has 21 heavy (non-hydrogen) atoms. The molecule has 1 aromatic heterocycles. The monoisotopic (exact) mass is 275 g/mol. The summed E-state index contributed by atoms with van der Waals surface area (Å²) in [5.41, 5.74) is 4.29. The summed E-state index contributed by atoms with van der Waals surface area (Å²) < 4.78 is 0. The Balaban J connectivity index is 1.88. The van der Waals surface area contributed by atoms with Gasteiger partial charge >= 0.3 is 0 Å². The lowest BCUT2D eigenvalue weighted by molar-refractivity contribution is 0.477.